The van der Waals surface area contributed by atoms with Gasteiger partial charge >= 0.3 is 0 Å². The Morgan fingerprint density at radius 1 is 0.570 bits per heavy atom. The summed E-state index contributed by atoms with van der Waals surface area (Å²) in [5.74, 6) is 3.10. The normalized spacial score (nSPS) is 12.6. The molecule has 6 aromatic carbocycles. The molecule has 530 valence electrons. The number of hydrogen-bond acceptors (Lipinski definition) is 18. The van der Waals surface area contributed by atoms with Crippen LogP contribution in [0, 0.1) is 32.1 Å². The summed E-state index contributed by atoms with van der Waals surface area (Å²) in [6.45, 7) is 10.9. The molecule has 3 fully saturated rings. The molecule has 0 atom stereocenters. The van der Waals surface area contributed by atoms with Gasteiger partial charge in [-0.05, 0) is 132 Å². The maximum Gasteiger partial charge on any atom is 0.251 e. The van der Waals surface area contributed by atoms with Crippen molar-refractivity contribution in [3.8, 4) is 29.2 Å². The van der Waals surface area contributed by atoms with E-state index in [1.165, 1.54) is 21.1 Å². The number of thioether (sulfide) groups is 1. The topological polar surface area (TPSA) is 347 Å². The first kappa shape index (κ1) is 80.3. The van der Waals surface area contributed by atoms with Gasteiger partial charge in [-0.15, -0.1) is 22.0 Å². The Bertz CT molecular complexity index is 3940. The molecular weight excluding hydrogens is 1290 g/mol. The number of nitrogens with zero attached hydrogens (tertiary/aromatic N) is 5. The van der Waals surface area contributed by atoms with Gasteiger partial charge in [0.05, 0.1) is 30.3 Å². The van der Waals surface area contributed by atoms with E-state index in [9.17, 15) is 28.8 Å². The van der Waals surface area contributed by atoms with Gasteiger partial charge in [-0.1, -0.05) is 131 Å². The summed E-state index contributed by atoms with van der Waals surface area (Å²) in [5.41, 5.74) is 24.4. The summed E-state index contributed by atoms with van der Waals surface area (Å²) < 4.78 is 24.5. The van der Waals surface area contributed by atoms with Crippen molar-refractivity contribution in [1.82, 2.24) is 35.5 Å². The number of nitriles is 1. The number of ether oxygens (including phenoxy) is 4. The van der Waals surface area contributed by atoms with Crippen molar-refractivity contribution in [2.75, 3.05) is 70.4 Å². The molecule has 100 heavy (non-hydrogen) atoms. The molecule has 0 unspecified atom stereocenters. The van der Waals surface area contributed by atoms with E-state index >= 15 is 0 Å². The third kappa shape index (κ3) is 22.6. The molecule has 11 rings (SSSR count). The molecule has 0 spiro atoms. The van der Waals surface area contributed by atoms with Crippen LogP contribution in [0.4, 0.5) is 17.3 Å². The highest BCUT2D eigenvalue weighted by Gasteiger charge is 2.31. The third-order valence-electron chi connectivity index (χ3n) is 15.4. The van der Waals surface area contributed by atoms with E-state index in [4.69, 9.17) is 40.8 Å². The van der Waals surface area contributed by atoms with Crippen LogP contribution in [-0.2, 0) is 9.47 Å². The molecule has 23 nitrogen and oxygen atoms in total. The monoisotopic (exact) mass is 1380 g/mol. The lowest BCUT2D eigenvalue weighted by Crippen LogP contribution is -2.56. The molecule has 3 saturated carbocycles. The lowest BCUT2D eigenvalue weighted by atomic mass is 10.0. The van der Waals surface area contributed by atoms with Crippen LogP contribution in [0.1, 0.15) is 164 Å². The number of amides is 3. The molecule has 0 aliphatic heterocycles. The molecule has 2 aromatic heterocycles. The molecule has 3 aliphatic rings. The number of nitrogens with two attached hydrogens (primary N) is 2. The number of nitrogen functional groups attached to an aromatic ring is 2. The number of allylic oxidation sites excluding steroid dienone is 2. The lowest BCUT2D eigenvalue weighted by molar-refractivity contribution is -0.325. The van der Waals surface area contributed by atoms with Crippen LogP contribution >= 0.6 is 11.8 Å². The number of rotatable bonds is 25. The smallest absolute Gasteiger partial charge is 0.251 e. The number of aliphatic hydroxyl groups excluding tert-OH is 1. The highest BCUT2D eigenvalue weighted by atomic mass is 32.2. The molecule has 0 bridgehead atoms. The van der Waals surface area contributed by atoms with Crippen molar-refractivity contribution >= 4 is 64.2 Å². The van der Waals surface area contributed by atoms with Crippen LogP contribution in [0.2, 0.25) is 0 Å². The van der Waals surface area contributed by atoms with Crippen molar-refractivity contribution < 1.29 is 58.7 Å². The van der Waals surface area contributed by atoms with Crippen LogP contribution in [-0.4, -0.2) is 131 Å². The molecular formula is C76H95N12O11S+. The fourth-order valence-electron chi connectivity index (χ4n) is 9.25. The highest BCUT2D eigenvalue weighted by Crippen LogP contribution is 2.34. The number of hydrogen-bond donors (Lipinski definition) is 8. The van der Waals surface area contributed by atoms with E-state index in [1.807, 2.05) is 88.6 Å². The van der Waals surface area contributed by atoms with E-state index in [1.54, 1.807) is 118 Å². The minimum Gasteiger partial charge on any atom is -0.474 e. The van der Waals surface area contributed by atoms with Gasteiger partial charge in [0.1, 0.15) is 47.6 Å². The number of aromatic nitrogens is 4. The van der Waals surface area contributed by atoms with Gasteiger partial charge in [0.15, 0.2) is 0 Å². The Kier molecular flexibility index (Phi) is 32.0. The number of methoxy groups -OCH3 is 2. The first-order valence-corrected chi connectivity index (χ1v) is 33.4. The number of benzene rings is 6. The van der Waals surface area contributed by atoms with Crippen LogP contribution in [0.5, 0.6) is 11.8 Å². The van der Waals surface area contributed by atoms with Crippen molar-refractivity contribution in [3.63, 3.8) is 0 Å². The Morgan fingerprint density at radius 2 is 0.920 bits per heavy atom. The summed E-state index contributed by atoms with van der Waals surface area (Å²) in [5, 5.41) is 34.7. The lowest BCUT2D eigenvalue weighted by Gasteiger charge is -2.11. The maximum atomic E-state index is 13.2. The second-order valence-corrected chi connectivity index (χ2v) is 24.2. The highest BCUT2D eigenvalue weighted by molar-refractivity contribution is 8.02. The third-order valence-corrected chi connectivity index (χ3v) is 16.3. The van der Waals surface area contributed by atoms with Gasteiger partial charge in [-0.25, -0.2) is 14.8 Å². The number of aryl methyl sites for hydroxylation is 3. The number of nitrogens with one attached hydrogen (secondary N) is 4. The number of ketones is 3. The van der Waals surface area contributed by atoms with Gasteiger partial charge in [0.25, 0.3) is 17.7 Å². The average molecular weight is 1380 g/mol. The van der Waals surface area contributed by atoms with E-state index in [0.717, 1.165) is 72.2 Å². The summed E-state index contributed by atoms with van der Waals surface area (Å²) >= 11 is 1.42. The van der Waals surface area contributed by atoms with E-state index in [-0.39, 0.29) is 115 Å². The Labute approximate surface area is 590 Å². The van der Waals surface area contributed by atoms with E-state index in [0.29, 0.717) is 70.6 Å². The zero-order valence-electron chi connectivity index (χ0n) is 56.6. The molecule has 0 radical (unpaired) electrons. The summed E-state index contributed by atoms with van der Waals surface area (Å²) in [6, 6.07) is 45.6. The first-order chi connectivity index (χ1) is 47.3. The Morgan fingerprint density at radius 3 is 1.24 bits per heavy atom. The van der Waals surface area contributed by atoms with E-state index in [2.05, 4.69) is 37.4 Å². The molecule has 3 aliphatic carbocycles. The fraction of sp³-hybridized carbons (Fsp3) is 0.329. The van der Waals surface area contributed by atoms with Gasteiger partial charge in [-0.3, -0.25) is 34.6 Å². The van der Waals surface area contributed by atoms with Crippen LogP contribution < -0.4 is 48.2 Å². The standard InChI is InChI=1S/2C24H26N4O4.C12H11NOS.C11H15N3O.C3H8O.2CH4/c2*1-15-8-9-17(23(30)26-18-10-11-18)14-19(15)28-22(25)20(24(27-28)32-13-12-31-2)21(29)16-6-4-3-5-7-16;1-9(15-2)11(8-13)12(14)10-6-4-3-5-7-10;1-7-2-3-8(6-10(7)14-12)11(15)13-9-4-5-9;1-2-3-4;;/h2*3-9,14,18H,10-13,25H2,1-2H3,(H,26,30);3-7H,1-2H3;2-3,6,9,14H,4-5,12H2,1H3,(H,13,15);4H,2-3H2,1H3;2*1H4/p+1/b;;11-9+;;;;. The van der Waals surface area contributed by atoms with Gasteiger partial charge in [-0.2, -0.15) is 5.26 Å². The van der Waals surface area contributed by atoms with Gasteiger partial charge in [0.2, 0.25) is 29.1 Å². The number of Topliss-reactive ketones (excluding diaryl/α,β-unsaturated/α-hetero) is 1. The second kappa shape index (κ2) is 39.8. The zero-order chi connectivity index (χ0) is 70.8. The van der Waals surface area contributed by atoms with Crippen molar-refractivity contribution in [2.24, 2.45) is 0 Å². The van der Waals surface area contributed by atoms with Crippen molar-refractivity contribution in [3.05, 3.63) is 217 Å². The van der Waals surface area contributed by atoms with Crippen LogP contribution in [0.15, 0.2) is 156 Å². The van der Waals surface area contributed by atoms with Crippen LogP contribution in [0.25, 0.3) is 11.4 Å². The minimum atomic E-state index is -0.290. The Balaban J connectivity index is 0.000000247. The number of carbonyl (C=O) groups is 6. The second-order valence-electron chi connectivity index (χ2n) is 23.1. The number of anilines is 3. The van der Waals surface area contributed by atoms with Gasteiger partial charge < -0.3 is 51.5 Å². The number of aliphatic hydroxyl groups is 1. The molecule has 24 heteroatoms. The average Bonchev–Trinajstić information content (AvgIpc) is 1.59. The van der Waals surface area contributed by atoms with Crippen molar-refractivity contribution in [2.45, 2.75) is 113 Å². The molecule has 3 amide bonds. The molecule has 2 heterocycles. The predicted molar refractivity (Wildman–Crippen MR) is 393 cm³/mol. The largest absolute Gasteiger partial charge is 0.474 e. The predicted octanol–water partition coefficient (Wildman–Crippen LogP) is 11.0. The fourth-order valence-corrected chi connectivity index (χ4v) is 9.60. The zero-order valence-corrected chi connectivity index (χ0v) is 57.4. The SMILES string of the molecule is C.C.CCCO.COCCOc1nn(-c2cc(C(=O)NC3CC3)ccc2C)c(N)c1C(=O)c1ccccc1.COCCOc1nn(-c2cc(C(=O)NC3CC3)ccc2C)c(N)c1C(=O)c1ccccc1.CS/C(C)=C(\C#N)C(=O)c1ccccc1.Cc1ccc(C(=O)NC2CC2)cc1N[NH3+]. The van der Waals surface area contributed by atoms with E-state index < -0.39 is 0 Å². The Hall–Kier alpha value is -10.4. The number of carbonyl (C=O) groups excluding carboxylic acids is 6. The van der Waals surface area contributed by atoms with Crippen molar-refractivity contribution in [1.29, 1.82) is 5.26 Å². The number of quaternary nitrogens is 1. The summed E-state index contributed by atoms with van der Waals surface area (Å²) in [7, 11) is 3.13. The maximum absolute atomic E-state index is 13.2. The summed E-state index contributed by atoms with van der Waals surface area (Å²) in [6.07, 6.45) is 8.96. The molecule has 12 N–H and O–H groups in total. The van der Waals surface area contributed by atoms with Crippen LogP contribution in [0.3, 0.4) is 0 Å². The summed E-state index contributed by atoms with van der Waals surface area (Å²) in [4.78, 5) is 75.9. The quantitative estimate of drug-likeness (QED) is 0.00866. The molecule has 8 aromatic rings. The molecule has 0 saturated heterocycles. The minimum absolute atomic E-state index is 0. The van der Waals surface area contributed by atoms with Gasteiger partial charge in [0, 0.05) is 77.2 Å². The first-order valence-electron chi connectivity index (χ1n) is 32.1.